The number of allylic oxidation sites excluding steroid dienone is 1. The molecule has 4 atom stereocenters. The summed E-state index contributed by atoms with van der Waals surface area (Å²) in [6.45, 7) is 11.8. The fourth-order valence-electron chi connectivity index (χ4n) is 4.65. The Hall–Kier alpha value is -0.843. The summed E-state index contributed by atoms with van der Waals surface area (Å²) in [5.74, 6) is -0.491. The molecular weight excluding hydrogens is 304 g/mol. The first kappa shape index (κ1) is 17.0. The second-order valence-electron chi connectivity index (χ2n) is 8.52. The number of hydrogen-bond acceptors (Lipinski definition) is 3. The maximum atomic E-state index is 10.8. The lowest BCUT2D eigenvalue weighted by Crippen LogP contribution is -2.45. The molecule has 0 aromatic rings. The normalized spacial score (nSPS) is 41.5. The van der Waals surface area contributed by atoms with Gasteiger partial charge in [0.1, 0.15) is 0 Å². The standard InChI is InChI=1S/C19H30O3Si/c1-6-7-8-21-19-11-14(2)10-18(13-22-19)16(20)9-15(17(18)19)12-23(3,4)5/h7-8,10,12,16-17,20H,6,9,11,13H2,1-5H3/b8-7-,15-12+/t16-,17-,18+,19+/m1/s1. The Bertz CT molecular complexity index is 572. The van der Waals surface area contributed by atoms with E-state index in [1.54, 1.807) is 6.26 Å². The molecule has 0 spiro atoms. The van der Waals surface area contributed by atoms with Crippen LogP contribution >= 0.6 is 0 Å². The van der Waals surface area contributed by atoms with Gasteiger partial charge in [0.2, 0.25) is 5.79 Å². The molecule has 0 amide bonds. The van der Waals surface area contributed by atoms with E-state index in [9.17, 15) is 5.11 Å². The minimum absolute atomic E-state index is 0.141. The van der Waals surface area contributed by atoms with Crippen molar-refractivity contribution in [3.8, 4) is 0 Å². The first-order valence-electron chi connectivity index (χ1n) is 8.77. The summed E-state index contributed by atoms with van der Waals surface area (Å²) in [5, 5.41) is 10.8. The van der Waals surface area contributed by atoms with E-state index in [2.05, 4.69) is 45.3 Å². The van der Waals surface area contributed by atoms with Gasteiger partial charge in [-0.2, -0.15) is 0 Å². The number of hydrogen-bond donors (Lipinski definition) is 1. The molecule has 0 radical (unpaired) electrons. The molecule has 23 heavy (non-hydrogen) atoms. The lowest BCUT2D eigenvalue weighted by Gasteiger charge is -2.40. The third kappa shape index (κ3) is 2.75. The molecule has 128 valence electrons. The summed E-state index contributed by atoms with van der Waals surface area (Å²) >= 11 is 0. The topological polar surface area (TPSA) is 38.7 Å². The number of aliphatic hydroxyl groups excluding tert-OH is 1. The van der Waals surface area contributed by atoms with Gasteiger partial charge in [-0.1, -0.05) is 49.5 Å². The number of rotatable bonds is 4. The van der Waals surface area contributed by atoms with E-state index in [0.717, 1.165) is 19.3 Å². The highest BCUT2D eigenvalue weighted by molar-refractivity contribution is 6.81. The van der Waals surface area contributed by atoms with E-state index in [1.807, 2.05) is 6.08 Å². The maximum absolute atomic E-state index is 10.8. The van der Waals surface area contributed by atoms with Gasteiger partial charge in [-0.3, -0.25) is 0 Å². The molecule has 2 bridgehead atoms. The van der Waals surface area contributed by atoms with Crippen molar-refractivity contribution in [3.05, 3.63) is 35.3 Å². The van der Waals surface area contributed by atoms with E-state index in [-0.39, 0.29) is 17.4 Å². The minimum atomic E-state index is -1.37. The maximum Gasteiger partial charge on any atom is 0.220 e. The predicted octanol–water partition coefficient (Wildman–Crippen LogP) is 4.17. The van der Waals surface area contributed by atoms with Crippen LogP contribution in [0.2, 0.25) is 19.6 Å². The molecular formula is C19H30O3Si. The lowest BCUT2D eigenvalue weighted by atomic mass is 9.68. The molecule has 1 saturated carbocycles. The van der Waals surface area contributed by atoms with Crippen LogP contribution in [0.15, 0.2) is 35.3 Å². The van der Waals surface area contributed by atoms with Crippen molar-refractivity contribution in [1.82, 2.24) is 0 Å². The third-order valence-corrected chi connectivity index (χ3v) is 6.46. The Morgan fingerprint density at radius 1 is 1.43 bits per heavy atom. The molecule has 1 heterocycles. The van der Waals surface area contributed by atoms with Gasteiger partial charge in [-0.05, 0) is 25.8 Å². The van der Waals surface area contributed by atoms with Crippen LogP contribution in [0.1, 0.15) is 33.1 Å². The van der Waals surface area contributed by atoms with Gasteiger partial charge in [-0.15, -0.1) is 0 Å². The van der Waals surface area contributed by atoms with Crippen molar-refractivity contribution >= 4 is 8.07 Å². The highest BCUT2D eigenvalue weighted by Gasteiger charge is 2.68. The zero-order valence-corrected chi connectivity index (χ0v) is 16.1. The van der Waals surface area contributed by atoms with Crippen LogP contribution in [0.4, 0.5) is 0 Å². The predicted molar refractivity (Wildman–Crippen MR) is 95.5 cm³/mol. The van der Waals surface area contributed by atoms with Crippen LogP contribution in [0.3, 0.4) is 0 Å². The quantitative estimate of drug-likeness (QED) is 0.476. The van der Waals surface area contributed by atoms with E-state index in [0.29, 0.717) is 6.61 Å². The minimum Gasteiger partial charge on any atom is -0.469 e. The van der Waals surface area contributed by atoms with Gasteiger partial charge in [0.25, 0.3) is 0 Å². The van der Waals surface area contributed by atoms with Gasteiger partial charge < -0.3 is 14.6 Å². The molecule has 0 unspecified atom stereocenters. The molecule has 2 aliphatic carbocycles. The molecule has 0 aromatic carbocycles. The van der Waals surface area contributed by atoms with Gasteiger partial charge in [0.05, 0.1) is 38.4 Å². The monoisotopic (exact) mass is 334 g/mol. The van der Waals surface area contributed by atoms with Crippen LogP contribution < -0.4 is 0 Å². The first-order valence-corrected chi connectivity index (χ1v) is 12.3. The average molecular weight is 335 g/mol. The van der Waals surface area contributed by atoms with Crippen molar-refractivity contribution in [3.63, 3.8) is 0 Å². The summed E-state index contributed by atoms with van der Waals surface area (Å²) in [7, 11) is -1.37. The zero-order chi connectivity index (χ0) is 16.9. The van der Waals surface area contributed by atoms with Crippen molar-refractivity contribution in [2.24, 2.45) is 11.3 Å². The molecule has 0 aromatic heterocycles. The van der Waals surface area contributed by atoms with Gasteiger partial charge >= 0.3 is 0 Å². The third-order valence-electron chi connectivity index (χ3n) is 5.22. The molecule has 3 rings (SSSR count). The van der Waals surface area contributed by atoms with E-state index >= 15 is 0 Å². The molecule has 1 N–H and O–H groups in total. The summed E-state index contributed by atoms with van der Waals surface area (Å²) in [6.07, 6.45) is 8.20. The second-order valence-corrected chi connectivity index (χ2v) is 13.5. The fourth-order valence-corrected chi connectivity index (χ4v) is 6.04. The number of ether oxygens (including phenoxy) is 2. The lowest BCUT2D eigenvalue weighted by molar-refractivity contribution is -0.193. The van der Waals surface area contributed by atoms with Gasteiger partial charge in [-0.25, -0.2) is 0 Å². The Kier molecular flexibility index (Phi) is 4.14. The Morgan fingerprint density at radius 3 is 2.83 bits per heavy atom. The van der Waals surface area contributed by atoms with E-state index in [1.165, 1.54) is 11.1 Å². The molecule has 3 aliphatic rings. The van der Waals surface area contributed by atoms with E-state index in [4.69, 9.17) is 9.47 Å². The number of aliphatic hydroxyl groups is 1. The largest absolute Gasteiger partial charge is 0.469 e. The molecule has 1 saturated heterocycles. The van der Waals surface area contributed by atoms with Gasteiger partial charge in [0.15, 0.2) is 0 Å². The highest BCUT2D eigenvalue weighted by atomic mass is 28.3. The fraction of sp³-hybridized carbons (Fsp3) is 0.684. The summed E-state index contributed by atoms with van der Waals surface area (Å²) < 4.78 is 12.4. The molecule has 2 fully saturated rings. The smallest absolute Gasteiger partial charge is 0.220 e. The summed E-state index contributed by atoms with van der Waals surface area (Å²) in [5.41, 5.74) is 4.76. The van der Waals surface area contributed by atoms with E-state index < -0.39 is 13.9 Å². The Morgan fingerprint density at radius 2 is 2.17 bits per heavy atom. The summed E-state index contributed by atoms with van der Waals surface area (Å²) in [4.78, 5) is 0. The summed E-state index contributed by atoms with van der Waals surface area (Å²) in [6, 6.07) is 0. The van der Waals surface area contributed by atoms with Crippen LogP contribution in [0.5, 0.6) is 0 Å². The Balaban J connectivity index is 2.06. The van der Waals surface area contributed by atoms with Crippen molar-refractivity contribution < 1.29 is 14.6 Å². The Labute approximate surface area is 141 Å². The first-order chi connectivity index (χ1) is 10.7. The van der Waals surface area contributed by atoms with Crippen LogP contribution in [0.25, 0.3) is 0 Å². The highest BCUT2D eigenvalue weighted by Crippen LogP contribution is 2.63. The molecule has 1 aliphatic heterocycles. The van der Waals surface area contributed by atoms with Crippen molar-refractivity contribution in [2.45, 2.75) is 64.6 Å². The van der Waals surface area contributed by atoms with Crippen molar-refractivity contribution in [2.75, 3.05) is 6.61 Å². The molecule has 4 heteroatoms. The van der Waals surface area contributed by atoms with Gasteiger partial charge in [0, 0.05) is 6.42 Å². The SMILES string of the molecule is CC/C=C\O[C@@]12CC(C)=C[C@]3(CO1)[C@H](O)C/C(=C\[Si](C)(C)C)[C@@H]23. The van der Waals surface area contributed by atoms with Crippen molar-refractivity contribution in [1.29, 1.82) is 0 Å². The van der Waals surface area contributed by atoms with Crippen LogP contribution in [0, 0.1) is 11.3 Å². The zero-order valence-electron chi connectivity index (χ0n) is 15.1. The average Bonchev–Trinajstić information content (AvgIpc) is 2.80. The molecule has 3 nitrogen and oxygen atoms in total. The van der Waals surface area contributed by atoms with Crippen LogP contribution in [-0.4, -0.2) is 31.7 Å². The van der Waals surface area contributed by atoms with Crippen LogP contribution in [-0.2, 0) is 9.47 Å². The second kappa shape index (κ2) is 5.61.